The summed E-state index contributed by atoms with van der Waals surface area (Å²) in [5.41, 5.74) is -0.910. The molecule has 2 N–H and O–H groups in total. The average Bonchev–Trinajstić information content (AvgIpc) is 3.28. The van der Waals surface area contributed by atoms with E-state index in [1.54, 1.807) is 29.8 Å². The van der Waals surface area contributed by atoms with Crippen LogP contribution in [0.15, 0.2) is 56.3 Å². The number of aryl methyl sites for hydroxylation is 1. The van der Waals surface area contributed by atoms with Gasteiger partial charge in [0, 0.05) is 54.9 Å². The molecule has 2 heterocycles. The first-order valence-electron chi connectivity index (χ1n) is 11.0. The number of aromatic nitrogens is 3. The van der Waals surface area contributed by atoms with Gasteiger partial charge in [-0.15, -0.1) is 0 Å². The summed E-state index contributed by atoms with van der Waals surface area (Å²) in [7, 11) is 7.08. The van der Waals surface area contributed by atoms with Crippen LogP contribution in [-0.4, -0.2) is 51.7 Å². The minimum atomic E-state index is -4.75. The molecule has 0 saturated heterocycles. The van der Waals surface area contributed by atoms with Crippen molar-refractivity contribution in [1.82, 2.24) is 30.1 Å². The summed E-state index contributed by atoms with van der Waals surface area (Å²) >= 11 is 0. The smallest absolute Gasteiger partial charge is 0.461 e. The number of pyridine rings is 1. The van der Waals surface area contributed by atoms with Gasteiger partial charge in [0.25, 0.3) is 5.91 Å². The van der Waals surface area contributed by atoms with E-state index < -0.39 is 23.4 Å². The fourth-order valence-electron chi connectivity index (χ4n) is 3.19. The molecule has 0 radical (unpaired) electrons. The van der Waals surface area contributed by atoms with Crippen molar-refractivity contribution in [3.63, 3.8) is 0 Å². The van der Waals surface area contributed by atoms with E-state index in [0.717, 1.165) is 0 Å². The number of rotatable bonds is 12. The molecule has 198 valence electrons. The van der Waals surface area contributed by atoms with Crippen LogP contribution >= 0.6 is 0 Å². The molecule has 2 rings (SSSR count). The van der Waals surface area contributed by atoms with Crippen molar-refractivity contribution < 1.29 is 91.2 Å². The van der Waals surface area contributed by atoms with Gasteiger partial charge in [-0.05, 0) is 25.7 Å². The topological polar surface area (TPSA) is 75.1 Å². The van der Waals surface area contributed by atoms with Crippen molar-refractivity contribution >= 4 is 29.3 Å². The van der Waals surface area contributed by atoms with Gasteiger partial charge in [0.1, 0.15) is 6.33 Å². The minimum absolute atomic E-state index is 0. The molecule has 0 spiro atoms. The first-order valence-corrected chi connectivity index (χ1v) is 11.0. The third kappa shape index (κ3) is 9.67. The molecule has 2 aromatic rings. The number of imidazole rings is 1. The molecule has 2 aromatic heterocycles. The van der Waals surface area contributed by atoms with Crippen LogP contribution in [0.25, 0.3) is 23.4 Å². The van der Waals surface area contributed by atoms with E-state index >= 15 is 0 Å². The molecular weight excluding hydrogens is 621 g/mol. The van der Waals surface area contributed by atoms with Crippen LogP contribution in [0.2, 0.25) is 0 Å². The van der Waals surface area contributed by atoms with Gasteiger partial charge < -0.3 is 20.1 Å². The van der Waals surface area contributed by atoms with Gasteiger partial charge >= 0.3 is 75.1 Å². The molecular formula is C26H29CsF4N6O. The molecule has 0 aliphatic heterocycles. The second-order valence-electron chi connectivity index (χ2n) is 8.08. The standard InChI is InChI=1S/C26H29F4N6O.Cs/c1-7-21-22(18(3)33-20(16-27)10-13-35(4)5)15-19(34-23(21)17(2)26(28,29)30)9-8-11-32-25(37)24-31-12-14-36(24)6;/h7-9,12,14-16,33H,1-4,10-11,13H2,5-6H3,(H,32,37);/q-1;+1/b9-8+,20-16-;. The number of alkyl halides is 3. The van der Waals surface area contributed by atoms with Gasteiger partial charge in [-0.3, -0.25) is 11.8 Å². The van der Waals surface area contributed by atoms with Crippen LogP contribution in [0.1, 0.15) is 39.6 Å². The van der Waals surface area contributed by atoms with Crippen LogP contribution in [0.4, 0.5) is 17.6 Å². The molecule has 0 aliphatic rings. The quantitative estimate of drug-likeness (QED) is 0.272. The van der Waals surface area contributed by atoms with E-state index in [1.165, 1.54) is 30.5 Å². The SMILES string of the molecule is C=Cc1c(C(=C)N/C(=C\F)CCN([CH2-])C)cc(/C=C/CNC(=O)c2nccn2C)nc1C(=C)C(F)(F)F.[Cs+]. The summed E-state index contributed by atoms with van der Waals surface area (Å²) in [5.74, 6) is -0.216. The summed E-state index contributed by atoms with van der Waals surface area (Å²) in [6.45, 7) is 11.2. The number of hydrogen-bond acceptors (Lipinski definition) is 5. The number of amides is 1. The van der Waals surface area contributed by atoms with E-state index in [9.17, 15) is 22.4 Å². The summed E-state index contributed by atoms with van der Waals surface area (Å²) in [4.78, 5) is 21.9. The Morgan fingerprint density at radius 3 is 2.53 bits per heavy atom. The summed E-state index contributed by atoms with van der Waals surface area (Å²) in [6, 6.07) is 1.49. The molecule has 0 bridgehead atoms. The first-order chi connectivity index (χ1) is 17.4. The Bertz CT molecular complexity index is 1230. The third-order valence-electron chi connectivity index (χ3n) is 5.14. The molecule has 0 fully saturated rings. The summed E-state index contributed by atoms with van der Waals surface area (Å²) in [6.07, 6.45) is 3.15. The van der Waals surface area contributed by atoms with E-state index in [2.05, 4.69) is 47.4 Å². The van der Waals surface area contributed by atoms with Crippen molar-refractivity contribution in [3.8, 4) is 0 Å². The number of carbonyl (C=O) groups excluding carboxylic acids is 1. The summed E-state index contributed by atoms with van der Waals surface area (Å²) in [5, 5.41) is 5.44. The van der Waals surface area contributed by atoms with Gasteiger partial charge in [-0.1, -0.05) is 31.9 Å². The number of halogens is 4. The van der Waals surface area contributed by atoms with E-state index in [0.29, 0.717) is 12.9 Å². The second-order valence-corrected chi connectivity index (χ2v) is 8.08. The van der Waals surface area contributed by atoms with E-state index in [-0.39, 0.29) is 116 Å². The van der Waals surface area contributed by atoms with Crippen molar-refractivity contribution in [2.24, 2.45) is 7.05 Å². The van der Waals surface area contributed by atoms with Gasteiger partial charge in [0.2, 0.25) is 0 Å². The Labute approximate surface area is 278 Å². The van der Waals surface area contributed by atoms with Crippen LogP contribution in [0.3, 0.4) is 0 Å². The molecule has 0 atom stereocenters. The number of carbonyl (C=O) groups is 1. The van der Waals surface area contributed by atoms with Crippen LogP contribution in [0, 0.1) is 7.05 Å². The monoisotopic (exact) mass is 650 g/mol. The number of nitrogens with zero attached hydrogens (tertiary/aromatic N) is 4. The molecule has 38 heavy (non-hydrogen) atoms. The minimum Gasteiger partial charge on any atom is -0.461 e. The zero-order valence-electron chi connectivity index (χ0n) is 21.7. The van der Waals surface area contributed by atoms with Gasteiger partial charge in [0.15, 0.2) is 5.82 Å². The van der Waals surface area contributed by atoms with E-state index in [4.69, 9.17) is 0 Å². The van der Waals surface area contributed by atoms with Gasteiger partial charge in [-0.25, -0.2) is 14.4 Å². The Morgan fingerprint density at radius 2 is 2.00 bits per heavy atom. The fourth-order valence-corrected chi connectivity index (χ4v) is 3.19. The molecule has 12 heteroatoms. The largest absolute Gasteiger partial charge is 1.00 e. The van der Waals surface area contributed by atoms with Crippen molar-refractivity contribution in [3.05, 3.63) is 91.7 Å². The normalized spacial score (nSPS) is 11.8. The zero-order valence-corrected chi connectivity index (χ0v) is 28.0. The molecule has 0 aromatic carbocycles. The van der Waals surface area contributed by atoms with Gasteiger partial charge in [-0.2, -0.15) is 13.2 Å². The number of nitrogens with one attached hydrogen (secondary N) is 2. The van der Waals surface area contributed by atoms with Crippen LogP contribution in [-0.2, 0) is 7.05 Å². The predicted octanol–water partition coefficient (Wildman–Crippen LogP) is 1.97. The third-order valence-corrected chi connectivity index (χ3v) is 5.14. The van der Waals surface area contributed by atoms with Crippen molar-refractivity contribution in [2.45, 2.75) is 12.6 Å². The molecule has 7 nitrogen and oxygen atoms in total. The van der Waals surface area contributed by atoms with Crippen molar-refractivity contribution in [1.29, 1.82) is 0 Å². The Balaban J connectivity index is 0.00000722. The molecule has 0 unspecified atom stereocenters. The second kappa shape index (κ2) is 15.6. The van der Waals surface area contributed by atoms with Crippen molar-refractivity contribution in [2.75, 3.05) is 20.1 Å². The van der Waals surface area contributed by atoms with Gasteiger partial charge in [0.05, 0.1) is 17.0 Å². The maximum absolute atomic E-state index is 13.6. The molecule has 0 saturated carbocycles. The number of allylic oxidation sites excluding steroid dienone is 1. The first kappa shape index (κ1) is 34.1. The average molecular weight is 650 g/mol. The predicted molar refractivity (Wildman–Crippen MR) is 138 cm³/mol. The molecule has 1 amide bonds. The zero-order chi connectivity index (χ0) is 27.8. The Morgan fingerprint density at radius 1 is 1.32 bits per heavy atom. The maximum atomic E-state index is 13.6. The fraction of sp³-hybridized carbons (Fsp3) is 0.231. The number of hydrogen-bond donors (Lipinski definition) is 2. The summed E-state index contributed by atoms with van der Waals surface area (Å²) < 4.78 is 55.7. The van der Waals surface area contributed by atoms with E-state index in [1.807, 2.05) is 0 Å². The maximum Gasteiger partial charge on any atom is 1.00 e. The molecule has 0 aliphatic carbocycles. The Hall–Kier alpha value is -1.94. The van der Waals surface area contributed by atoms with Crippen LogP contribution in [0.5, 0.6) is 0 Å². The van der Waals surface area contributed by atoms with Crippen LogP contribution < -0.4 is 79.5 Å². The Kier molecular flexibility index (Phi) is 14.0.